The van der Waals surface area contributed by atoms with Crippen molar-refractivity contribution in [3.63, 3.8) is 0 Å². The van der Waals surface area contributed by atoms with Gasteiger partial charge in [-0.2, -0.15) is 0 Å². The number of hydrogen-bond donors (Lipinski definition) is 2. The van der Waals surface area contributed by atoms with Crippen molar-refractivity contribution in [2.24, 2.45) is 0 Å². The highest BCUT2D eigenvalue weighted by Gasteiger charge is 2.38. The van der Waals surface area contributed by atoms with E-state index in [1.54, 1.807) is 5.38 Å². The van der Waals surface area contributed by atoms with Crippen molar-refractivity contribution in [3.05, 3.63) is 15.5 Å². The number of nitrogens with one attached hydrogen (secondary N) is 1. The lowest BCUT2D eigenvalue weighted by Crippen LogP contribution is -2.56. The second-order valence-electron chi connectivity index (χ2n) is 3.73. The average Bonchev–Trinajstić information content (AvgIpc) is 2.58. The van der Waals surface area contributed by atoms with Gasteiger partial charge in [-0.15, -0.1) is 11.3 Å². The van der Waals surface area contributed by atoms with E-state index >= 15 is 0 Å². The molecule has 0 bridgehead atoms. The van der Waals surface area contributed by atoms with Crippen LogP contribution in [0.3, 0.4) is 0 Å². The highest BCUT2D eigenvalue weighted by Crippen LogP contribution is 2.31. The minimum atomic E-state index is -0.423. The summed E-state index contributed by atoms with van der Waals surface area (Å²) in [6, 6.07) is 0. The number of carbonyl (C=O) groups is 1. The zero-order valence-corrected chi connectivity index (χ0v) is 9.57. The summed E-state index contributed by atoms with van der Waals surface area (Å²) in [5.74, 6) is -0.257. The number of aliphatic hydroxyl groups is 1. The number of thiazole rings is 1. The van der Waals surface area contributed by atoms with E-state index in [0.29, 0.717) is 10.2 Å². The summed E-state index contributed by atoms with van der Waals surface area (Å²) in [5.41, 5.74) is -0.0996. The molecule has 6 heteroatoms. The van der Waals surface area contributed by atoms with Gasteiger partial charge in [0.1, 0.15) is 5.69 Å². The Morgan fingerprint density at radius 3 is 2.87 bits per heavy atom. The number of aromatic nitrogens is 1. The topological polar surface area (TPSA) is 62.2 Å². The number of aliphatic hydroxyl groups excluding tert-OH is 1. The van der Waals surface area contributed by atoms with Gasteiger partial charge in [0.15, 0.2) is 4.47 Å². The first-order valence-corrected chi connectivity index (χ1v) is 5.95. The molecule has 1 fully saturated rings. The molecule has 0 radical (unpaired) electrons. The molecule has 1 aliphatic carbocycles. The van der Waals surface area contributed by atoms with Gasteiger partial charge < -0.3 is 10.4 Å². The van der Waals surface area contributed by atoms with Gasteiger partial charge in [-0.1, -0.05) is 11.6 Å². The molecule has 1 heterocycles. The summed E-state index contributed by atoms with van der Waals surface area (Å²) in [5, 5.41) is 13.6. The largest absolute Gasteiger partial charge is 0.394 e. The summed E-state index contributed by atoms with van der Waals surface area (Å²) in [6.07, 6.45) is 2.69. The van der Waals surface area contributed by atoms with E-state index in [1.807, 2.05) is 0 Å². The Hall–Kier alpha value is -0.650. The Kier molecular flexibility index (Phi) is 2.95. The average molecular weight is 247 g/mol. The first kappa shape index (κ1) is 10.9. The van der Waals surface area contributed by atoms with E-state index in [-0.39, 0.29) is 12.5 Å². The number of rotatable bonds is 3. The third-order valence-corrected chi connectivity index (χ3v) is 3.68. The number of halogens is 1. The van der Waals surface area contributed by atoms with E-state index in [1.165, 1.54) is 11.3 Å². The van der Waals surface area contributed by atoms with Gasteiger partial charge in [-0.3, -0.25) is 4.79 Å². The van der Waals surface area contributed by atoms with E-state index in [0.717, 1.165) is 19.3 Å². The molecule has 2 N–H and O–H groups in total. The SMILES string of the molecule is O=C(NC1(CO)CCC1)c1csc(Cl)n1. The standard InChI is InChI=1S/C9H11ClN2O2S/c10-8-11-6(4-15-8)7(14)12-9(5-13)2-1-3-9/h4,13H,1-3,5H2,(H,12,14). The van der Waals surface area contributed by atoms with Gasteiger partial charge in [0, 0.05) is 5.38 Å². The molecule has 0 spiro atoms. The Morgan fingerprint density at radius 1 is 1.73 bits per heavy atom. The lowest BCUT2D eigenvalue weighted by molar-refractivity contribution is 0.0638. The zero-order valence-electron chi connectivity index (χ0n) is 7.99. The lowest BCUT2D eigenvalue weighted by Gasteiger charge is -2.40. The molecule has 0 aromatic carbocycles. The molecular weight excluding hydrogens is 236 g/mol. The number of amides is 1. The van der Waals surface area contributed by atoms with Crippen LogP contribution in [0.15, 0.2) is 5.38 Å². The van der Waals surface area contributed by atoms with Crippen LogP contribution in [0.5, 0.6) is 0 Å². The van der Waals surface area contributed by atoms with Crippen molar-refractivity contribution in [3.8, 4) is 0 Å². The molecule has 0 saturated heterocycles. The smallest absolute Gasteiger partial charge is 0.271 e. The Bertz CT molecular complexity index is 370. The van der Waals surface area contributed by atoms with Crippen LogP contribution in [0.2, 0.25) is 4.47 Å². The van der Waals surface area contributed by atoms with Gasteiger partial charge in [0.2, 0.25) is 0 Å². The van der Waals surface area contributed by atoms with Crippen LogP contribution in [0, 0.1) is 0 Å². The maximum absolute atomic E-state index is 11.7. The third-order valence-electron chi connectivity index (χ3n) is 2.70. The molecule has 0 unspecified atom stereocenters. The monoisotopic (exact) mass is 246 g/mol. The van der Waals surface area contributed by atoms with Gasteiger partial charge in [0.05, 0.1) is 12.1 Å². The third kappa shape index (κ3) is 2.14. The molecular formula is C9H11ClN2O2S. The van der Waals surface area contributed by atoms with Crippen LogP contribution in [0.25, 0.3) is 0 Å². The van der Waals surface area contributed by atoms with Crippen LogP contribution < -0.4 is 5.32 Å². The molecule has 4 nitrogen and oxygen atoms in total. The second kappa shape index (κ2) is 4.08. The molecule has 2 rings (SSSR count). The number of nitrogens with zero attached hydrogens (tertiary/aromatic N) is 1. The molecule has 1 amide bonds. The Balaban J connectivity index is 2.03. The molecule has 0 atom stereocenters. The van der Waals surface area contributed by atoms with Crippen molar-refractivity contribution in [2.75, 3.05) is 6.61 Å². The van der Waals surface area contributed by atoms with E-state index in [2.05, 4.69) is 10.3 Å². The minimum absolute atomic E-state index is 0.0173. The van der Waals surface area contributed by atoms with E-state index < -0.39 is 5.54 Å². The van der Waals surface area contributed by atoms with E-state index in [9.17, 15) is 9.90 Å². The zero-order chi connectivity index (χ0) is 10.9. The van der Waals surface area contributed by atoms with Crippen LogP contribution in [-0.4, -0.2) is 28.1 Å². The number of carbonyl (C=O) groups excluding carboxylic acids is 1. The second-order valence-corrected chi connectivity index (χ2v) is 5.17. The van der Waals surface area contributed by atoms with Crippen molar-refractivity contribution >= 4 is 28.8 Å². The van der Waals surface area contributed by atoms with Crippen molar-refractivity contribution < 1.29 is 9.90 Å². The van der Waals surface area contributed by atoms with Crippen LogP contribution in [0.4, 0.5) is 0 Å². The minimum Gasteiger partial charge on any atom is -0.394 e. The Morgan fingerprint density at radius 2 is 2.47 bits per heavy atom. The molecule has 1 aromatic heterocycles. The number of hydrogen-bond acceptors (Lipinski definition) is 4. The summed E-state index contributed by atoms with van der Waals surface area (Å²) in [7, 11) is 0. The molecule has 1 saturated carbocycles. The summed E-state index contributed by atoms with van der Waals surface area (Å²) in [6.45, 7) is -0.0173. The van der Waals surface area contributed by atoms with Gasteiger partial charge >= 0.3 is 0 Å². The summed E-state index contributed by atoms with van der Waals surface area (Å²) < 4.78 is 0.354. The maximum Gasteiger partial charge on any atom is 0.271 e. The van der Waals surface area contributed by atoms with E-state index in [4.69, 9.17) is 11.6 Å². The van der Waals surface area contributed by atoms with Crippen LogP contribution >= 0.6 is 22.9 Å². The molecule has 82 valence electrons. The fraction of sp³-hybridized carbons (Fsp3) is 0.556. The quantitative estimate of drug-likeness (QED) is 0.849. The summed E-state index contributed by atoms with van der Waals surface area (Å²) in [4.78, 5) is 15.6. The molecule has 1 aromatic rings. The van der Waals surface area contributed by atoms with Gasteiger partial charge in [0.25, 0.3) is 5.91 Å². The summed E-state index contributed by atoms with van der Waals surface area (Å²) >= 11 is 6.86. The predicted octanol–water partition coefficient (Wildman–Crippen LogP) is 1.44. The molecule has 15 heavy (non-hydrogen) atoms. The fourth-order valence-electron chi connectivity index (χ4n) is 1.59. The molecule has 0 aliphatic heterocycles. The first-order valence-electron chi connectivity index (χ1n) is 4.70. The van der Waals surface area contributed by atoms with Crippen LogP contribution in [-0.2, 0) is 0 Å². The predicted molar refractivity (Wildman–Crippen MR) is 58.3 cm³/mol. The Labute approximate surface area is 96.3 Å². The highest BCUT2D eigenvalue weighted by atomic mass is 35.5. The maximum atomic E-state index is 11.7. The molecule has 1 aliphatic rings. The lowest BCUT2D eigenvalue weighted by atomic mass is 9.77. The van der Waals surface area contributed by atoms with Gasteiger partial charge in [-0.25, -0.2) is 4.98 Å². The van der Waals surface area contributed by atoms with Crippen LogP contribution in [0.1, 0.15) is 29.8 Å². The fourth-order valence-corrected chi connectivity index (χ4v) is 2.33. The van der Waals surface area contributed by atoms with Crippen molar-refractivity contribution in [2.45, 2.75) is 24.8 Å². The van der Waals surface area contributed by atoms with Crippen molar-refractivity contribution in [1.29, 1.82) is 0 Å². The normalized spacial score (nSPS) is 18.3. The van der Waals surface area contributed by atoms with Gasteiger partial charge in [-0.05, 0) is 19.3 Å². The first-order chi connectivity index (χ1) is 7.15. The highest BCUT2D eigenvalue weighted by molar-refractivity contribution is 7.14. The van der Waals surface area contributed by atoms with Crippen molar-refractivity contribution in [1.82, 2.24) is 10.3 Å².